The number of benzene rings is 7. The summed E-state index contributed by atoms with van der Waals surface area (Å²) in [5, 5.41) is 1.39. The lowest BCUT2D eigenvalue weighted by Crippen LogP contribution is -2.61. The molecule has 0 fully saturated rings. The van der Waals surface area contributed by atoms with Crippen molar-refractivity contribution < 1.29 is 0 Å². The Morgan fingerprint density at radius 1 is 0.344 bits per heavy atom. The van der Waals surface area contributed by atoms with Gasteiger partial charge in [0, 0.05) is 60.4 Å². The molecule has 15 rings (SSSR count). The van der Waals surface area contributed by atoms with Gasteiger partial charge in [0.1, 0.15) is 0 Å². The molecule has 484 valence electrons. The van der Waals surface area contributed by atoms with Gasteiger partial charge in [0.05, 0.1) is 5.69 Å². The van der Waals surface area contributed by atoms with E-state index in [2.05, 4.69) is 301 Å². The van der Waals surface area contributed by atoms with Gasteiger partial charge in [-0.15, -0.1) is 11.3 Å². The highest BCUT2D eigenvalue weighted by molar-refractivity contribution is 7.33. The predicted molar refractivity (Wildman–Crippen MR) is 406 cm³/mol. The zero-order chi connectivity index (χ0) is 66.5. The summed E-state index contributed by atoms with van der Waals surface area (Å²) >= 11 is 2.09. The third-order valence-corrected chi connectivity index (χ3v) is 27.3. The smallest absolute Gasteiger partial charge is 0.264 e. The van der Waals surface area contributed by atoms with Crippen LogP contribution < -0.4 is 30.4 Å². The molecule has 5 heteroatoms. The minimum absolute atomic E-state index is 0.0161. The Morgan fingerprint density at radius 3 is 1.15 bits per heavy atom. The minimum Gasteiger partial charge on any atom is -0.311 e. The molecule has 1 aromatic heterocycles. The van der Waals surface area contributed by atoms with Crippen molar-refractivity contribution in [1.82, 2.24) is 0 Å². The monoisotopic (exact) mass is 1250 g/mol. The van der Waals surface area contributed by atoms with Crippen molar-refractivity contribution in [1.29, 1.82) is 0 Å². The predicted octanol–water partition coefficient (Wildman–Crippen LogP) is 23.5. The zero-order valence-corrected chi connectivity index (χ0v) is 62.2. The zero-order valence-electron chi connectivity index (χ0n) is 61.4. The Bertz CT molecular complexity index is 4380. The topological polar surface area (TPSA) is 9.72 Å². The first-order chi connectivity index (χ1) is 43.1. The van der Waals surface area contributed by atoms with Gasteiger partial charge < -0.3 is 14.7 Å². The van der Waals surface area contributed by atoms with Crippen molar-refractivity contribution in [3.63, 3.8) is 0 Å². The van der Waals surface area contributed by atoms with E-state index in [9.17, 15) is 0 Å². The van der Waals surface area contributed by atoms with Crippen molar-refractivity contribution in [3.8, 4) is 0 Å². The molecule has 3 nitrogen and oxygen atoms in total. The molecule has 0 N–H and O–H groups in total. The lowest BCUT2D eigenvalue weighted by molar-refractivity contribution is 0.332. The van der Waals surface area contributed by atoms with E-state index in [0.29, 0.717) is 0 Å². The number of nitrogens with zero attached hydrogens (tertiary/aromatic N) is 3. The summed E-state index contributed by atoms with van der Waals surface area (Å²) < 4.78 is 2.87. The minimum atomic E-state index is -0.157. The molecule has 7 aliphatic rings. The number of thiophene rings is 1. The molecule has 0 bridgehead atoms. The molecule has 2 aliphatic heterocycles. The van der Waals surface area contributed by atoms with Gasteiger partial charge in [-0.25, -0.2) is 0 Å². The molecule has 93 heavy (non-hydrogen) atoms. The summed E-state index contributed by atoms with van der Waals surface area (Å²) in [6, 6.07) is 48.8. The van der Waals surface area contributed by atoms with E-state index in [1.54, 1.807) is 0 Å². The molecule has 0 unspecified atom stereocenters. The van der Waals surface area contributed by atoms with Crippen LogP contribution in [0.2, 0.25) is 0 Å². The van der Waals surface area contributed by atoms with Gasteiger partial charge in [-0.2, -0.15) is 0 Å². The highest BCUT2D eigenvalue weighted by atomic mass is 32.1. The first-order valence-corrected chi connectivity index (χ1v) is 36.9. The third-order valence-electron chi connectivity index (χ3n) is 26.1. The third kappa shape index (κ3) is 9.55. The standard InChI is InChI=1S/C88H108BN3S/c1-78(2,3)53-44-72-75-73(45-53)92(55-26-24-54(25-27-55)90(56-28-31-60-63(46-56)82(10,11)37-34-79(60,4)5)57-29-32-61-64(47-57)83(12,13)38-35-80(61,6)7)76-59-49-66-69(88(22,23)43-40-85(66,16)17)52-74(59)93-77(76)89(75)70-50-67-68(87(20,21)42-41-86(67,18)19)51-71(70)91(72)58-30-33-62-65(48-58)84(14,15)39-36-81(62,8)9/h24-33,44-52H,34-43H2,1-23H3. The SMILES string of the molecule is CC(C)(C)c1cc2c3c(c1)N(c1ccc(N(c4ccc5c(c4)C(C)(C)CCC5(C)C)c4ccc5c(c4)C(C)(C)CCC5(C)C)cc1)c1c(sc4cc5c(cc14)C(C)(C)CCC5(C)C)B3c1cc3c(cc1N2c1ccc2c(c1)C(C)(C)CCC2(C)C)C(C)(C)CCC3(C)C. The molecule has 3 heterocycles. The summed E-state index contributed by atoms with van der Waals surface area (Å²) in [6.07, 6.45) is 11.8. The van der Waals surface area contributed by atoms with E-state index < -0.39 is 0 Å². The second-order valence-electron chi connectivity index (χ2n) is 38.3. The van der Waals surface area contributed by atoms with Crippen molar-refractivity contribution in [2.24, 2.45) is 0 Å². The lowest BCUT2D eigenvalue weighted by atomic mass is 9.35. The van der Waals surface area contributed by atoms with Crippen LogP contribution in [0.25, 0.3) is 10.1 Å². The number of anilines is 9. The first kappa shape index (κ1) is 63.0. The fourth-order valence-corrected chi connectivity index (χ4v) is 20.3. The molecule has 0 atom stereocenters. The Kier molecular flexibility index (Phi) is 13.4. The van der Waals surface area contributed by atoms with Gasteiger partial charge in [0.2, 0.25) is 0 Å². The Hall–Kier alpha value is -6.04. The summed E-state index contributed by atoms with van der Waals surface area (Å²) in [6.45, 7) is 57.2. The van der Waals surface area contributed by atoms with Crippen molar-refractivity contribution in [3.05, 3.63) is 176 Å². The molecular weight excluding hydrogens is 1140 g/mol. The van der Waals surface area contributed by atoms with Gasteiger partial charge in [0.15, 0.2) is 0 Å². The molecule has 0 radical (unpaired) electrons. The van der Waals surface area contributed by atoms with Gasteiger partial charge >= 0.3 is 0 Å². The number of hydrogen-bond acceptors (Lipinski definition) is 4. The van der Waals surface area contributed by atoms with Gasteiger partial charge in [0.25, 0.3) is 6.71 Å². The summed E-state index contributed by atoms with van der Waals surface area (Å²) in [7, 11) is 0. The summed E-state index contributed by atoms with van der Waals surface area (Å²) in [4.78, 5) is 8.16. The molecule has 7 aromatic carbocycles. The lowest BCUT2D eigenvalue weighted by Gasteiger charge is -2.48. The molecule has 0 saturated carbocycles. The highest BCUT2D eigenvalue weighted by Gasteiger charge is 2.51. The van der Waals surface area contributed by atoms with Crippen molar-refractivity contribution in [2.45, 2.75) is 283 Å². The van der Waals surface area contributed by atoms with Gasteiger partial charge in [-0.05, 0) is 287 Å². The maximum Gasteiger partial charge on any atom is 0.264 e. The molecule has 0 saturated heterocycles. The maximum absolute atomic E-state index is 2.78. The summed E-state index contributed by atoms with van der Waals surface area (Å²) in [5.41, 5.74) is 31.3. The Balaban J connectivity index is 1.02. The Labute approximate surface area is 565 Å². The maximum atomic E-state index is 2.78. The fraction of sp³-hybridized carbons (Fsp3) is 0.500. The molecule has 0 spiro atoms. The first-order valence-electron chi connectivity index (χ1n) is 36.1. The van der Waals surface area contributed by atoms with Crippen LogP contribution in [0, 0.1) is 0 Å². The highest BCUT2D eigenvalue weighted by Crippen LogP contribution is 2.58. The van der Waals surface area contributed by atoms with E-state index in [0.717, 1.165) is 0 Å². The molecular formula is C88H108BN3S. The molecule has 8 aromatic rings. The van der Waals surface area contributed by atoms with E-state index >= 15 is 0 Å². The van der Waals surface area contributed by atoms with E-state index in [1.165, 1.54) is 202 Å². The van der Waals surface area contributed by atoms with Crippen LogP contribution in [-0.2, 0) is 59.6 Å². The second kappa shape index (κ2) is 19.8. The van der Waals surface area contributed by atoms with Crippen LogP contribution in [-0.4, -0.2) is 6.71 Å². The van der Waals surface area contributed by atoms with Crippen LogP contribution >= 0.6 is 11.3 Å². The van der Waals surface area contributed by atoms with E-state index in [1.807, 2.05) is 0 Å². The van der Waals surface area contributed by atoms with Crippen molar-refractivity contribution >= 4 is 95.0 Å². The van der Waals surface area contributed by atoms with Crippen LogP contribution in [0.4, 0.5) is 51.2 Å². The van der Waals surface area contributed by atoms with Gasteiger partial charge in [-0.1, -0.05) is 184 Å². The normalized spacial score (nSPS) is 22.1. The number of fused-ring (bicyclic) bond motifs is 11. The fourth-order valence-electron chi connectivity index (χ4n) is 18.9. The van der Waals surface area contributed by atoms with Crippen LogP contribution in [0.1, 0.15) is 285 Å². The van der Waals surface area contributed by atoms with Crippen LogP contribution in [0.15, 0.2) is 115 Å². The number of hydrogen-bond donors (Lipinski definition) is 0. The van der Waals surface area contributed by atoms with Crippen LogP contribution in [0.5, 0.6) is 0 Å². The average molecular weight is 1250 g/mol. The van der Waals surface area contributed by atoms with Gasteiger partial charge in [-0.3, -0.25) is 0 Å². The van der Waals surface area contributed by atoms with E-state index in [-0.39, 0.29) is 66.3 Å². The van der Waals surface area contributed by atoms with Crippen LogP contribution in [0.3, 0.4) is 0 Å². The quantitative estimate of drug-likeness (QED) is 0.159. The Morgan fingerprint density at radius 2 is 0.699 bits per heavy atom. The summed E-state index contributed by atoms with van der Waals surface area (Å²) in [5.74, 6) is 0. The number of rotatable bonds is 5. The molecule has 5 aliphatic carbocycles. The average Bonchev–Trinajstić information content (AvgIpc) is 1.67. The largest absolute Gasteiger partial charge is 0.311 e. The molecule has 0 amide bonds. The van der Waals surface area contributed by atoms with E-state index in [4.69, 9.17) is 0 Å². The van der Waals surface area contributed by atoms with Crippen molar-refractivity contribution in [2.75, 3.05) is 14.7 Å². The second-order valence-corrected chi connectivity index (χ2v) is 39.4.